The molecule has 0 radical (unpaired) electrons. The summed E-state index contributed by atoms with van der Waals surface area (Å²) in [4.78, 5) is 24.2. The van der Waals surface area contributed by atoms with Crippen LogP contribution in [-0.4, -0.2) is 18.4 Å². The molecule has 24 heavy (non-hydrogen) atoms. The summed E-state index contributed by atoms with van der Waals surface area (Å²) < 4.78 is 27.6. The van der Waals surface area contributed by atoms with Crippen LogP contribution in [0.5, 0.6) is 0 Å². The molecule has 3 rings (SSSR count). The van der Waals surface area contributed by atoms with Crippen LogP contribution in [0, 0.1) is 17.6 Å². The van der Waals surface area contributed by atoms with Crippen molar-refractivity contribution in [2.75, 3.05) is 6.54 Å². The van der Waals surface area contributed by atoms with Crippen molar-refractivity contribution in [2.24, 2.45) is 5.92 Å². The first-order chi connectivity index (χ1) is 11.5. The van der Waals surface area contributed by atoms with Crippen molar-refractivity contribution in [2.45, 2.75) is 50.5 Å². The van der Waals surface area contributed by atoms with Gasteiger partial charge in [0.1, 0.15) is 11.6 Å². The molecule has 1 aliphatic heterocycles. The maximum absolute atomic E-state index is 14.4. The predicted octanol–water partition coefficient (Wildman–Crippen LogP) is 2.77. The molecule has 0 aromatic heterocycles. The van der Waals surface area contributed by atoms with Gasteiger partial charge in [0.05, 0.1) is 5.54 Å². The Morgan fingerprint density at radius 1 is 1.21 bits per heavy atom. The molecule has 130 valence electrons. The molecule has 1 saturated heterocycles. The van der Waals surface area contributed by atoms with Crippen molar-refractivity contribution < 1.29 is 18.4 Å². The Morgan fingerprint density at radius 3 is 2.62 bits per heavy atom. The van der Waals surface area contributed by atoms with E-state index in [0.717, 1.165) is 25.3 Å². The van der Waals surface area contributed by atoms with E-state index in [4.69, 9.17) is 0 Å². The van der Waals surface area contributed by atoms with E-state index in [2.05, 4.69) is 10.6 Å². The summed E-state index contributed by atoms with van der Waals surface area (Å²) >= 11 is 0. The molecule has 1 aromatic rings. The van der Waals surface area contributed by atoms with Gasteiger partial charge in [-0.1, -0.05) is 25.3 Å². The van der Waals surface area contributed by atoms with E-state index in [1.54, 1.807) is 0 Å². The van der Waals surface area contributed by atoms with E-state index >= 15 is 0 Å². The van der Waals surface area contributed by atoms with Crippen molar-refractivity contribution in [1.82, 2.24) is 10.6 Å². The number of amides is 2. The average Bonchev–Trinajstić information content (AvgIpc) is 2.55. The van der Waals surface area contributed by atoms with Crippen LogP contribution in [0.15, 0.2) is 18.2 Å². The average molecular weight is 336 g/mol. The van der Waals surface area contributed by atoms with Crippen molar-refractivity contribution in [3.8, 4) is 0 Å². The number of hydrogen-bond acceptors (Lipinski definition) is 2. The maximum Gasteiger partial charge on any atom is 0.224 e. The van der Waals surface area contributed by atoms with Crippen LogP contribution in [-0.2, 0) is 15.1 Å². The molecular formula is C18H22F2N2O2. The fraction of sp³-hybridized carbons (Fsp3) is 0.556. The topological polar surface area (TPSA) is 58.2 Å². The van der Waals surface area contributed by atoms with Gasteiger partial charge in [0.15, 0.2) is 0 Å². The summed E-state index contributed by atoms with van der Waals surface area (Å²) in [5, 5.41) is 5.72. The lowest BCUT2D eigenvalue weighted by atomic mass is 9.75. The van der Waals surface area contributed by atoms with Crippen LogP contribution >= 0.6 is 0 Å². The summed E-state index contributed by atoms with van der Waals surface area (Å²) in [6, 6.07) is 3.53. The molecule has 1 heterocycles. The first-order valence-electron chi connectivity index (χ1n) is 8.54. The first-order valence-corrected chi connectivity index (χ1v) is 8.54. The van der Waals surface area contributed by atoms with E-state index in [9.17, 15) is 18.4 Å². The summed E-state index contributed by atoms with van der Waals surface area (Å²) in [5.41, 5.74) is -0.460. The van der Waals surface area contributed by atoms with Gasteiger partial charge in [0, 0.05) is 30.5 Å². The minimum Gasteiger partial charge on any atom is -0.356 e. The van der Waals surface area contributed by atoms with E-state index < -0.39 is 17.2 Å². The third-order valence-corrected chi connectivity index (χ3v) is 5.13. The normalized spacial score (nSPS) is 23.4. The molecule has 6 heteroatoms. The van der Waals surface area contributed by atoms with Crippen LogP contribution < -0.4 is 10.6 Å². The van der Waals surface area contributed by atoms with Gasteiger partial charge in [0.25, 0.3) is 0 Å². The van der Waals surface area contributed by atoms with Crippen molar-refractivity contribution in [3.05, 3.63) is 35.4 Å². The van der Waals surface area contributed by atoms with Gasteiger partial charge in [-0.15, -0.1) is 0 Å². The Balaban J connectivity index is 1.86. The van der Waals surface area contributed by atoms with Gasteiger partial charge in [-0.05, 0) is 25.3 Å². The molecule has 1 aliphatic carbocycles. The second-order valence-electron chi connectivity index (χ2n) is 6.80. The Bertz CT molecular complexity index is 642. The molecule has 1 atom stereocenters. The highest BCUT2D eigenvalue weighted by molar-refractivity contribution is 5.87. The quantitative estimate of drug-likeness (QED) is 0.892. The van der Waals surface area contributed by atoms with Gasteiger partial charge in [-0.25, -0.2) is 8.78 Å². The first kappa shape index (κ1) is 16.9. The van der Waals surface area contributed by atoms with Gasteiger partial charge >= 0.3 is 0 Å². The van der Waals surface area contributed by atoms with Gasteiger partial charge in [0.2, 0.25) is 11.8 Å². The highest BCUT2D eigenvalue weighted by Crippen LogP contribution is 2.39. The SMILES string of the molecule is O=C1CC(C(=O)NC2(c3ccc(F)cc3F)CCCCC2)CCN1. The second-order valence-corrected chi connectivity index (χ2v) is 6.80. The Morgan fingerprint density at radius 2 is 1.96 bits per heavy atom. The molecule has 0 spiro atoms. The van der Waals surface area contributed by atoms with Crippen molar-refractivity contribution in [3.63, 3.8) is 0 Å². The summed E-state index contributed by atoms with van der Waals surface area (Å²) in [7, 11) is 0. The monoisotopic (exact) mass is 336 g/mol. The van der Waals surface area contributed by atoms with Crippen LogP contribution in [0.25, 0.3) is 0 Å². The third-order valence-electron chi connectivity index (χ3n) is 5.13. The zero-order valence-corrected chi connectivity index (χ0v) is 13.5. The van der Waals surface area contributed by atoms with E-state index in [1.165, 1.54) is 12.1 Å². The van der Waals surface area contributed by atoms with Crippen LogP contribution in [0.2, 0.25) is 0 Å². The molecule has 2 N–H and O–H groups in total. The standard InChI is InChI=1S/C18H22F2N2O2/c19-13-4-5-14(15(20)11-13)18(7-2-1-3-8-18)22-17(24)12-6-9-21-16(23)10-12/h4-5,11-12H,1-3,6-10H2,(H,21,23)(H,22,24). The minimum absolute atomic E-state index is 0.132. The fourth-order valence-corrected chi connectivity index (χ4v) is 3.84. The molecule has 2 fully saturated rings. The van der Waals surface area contributed by atoms with Crippen LogP contribution in [0.3, 0.4) is 0 Å². The summed E-state index contributed by atoms with van der Waals surface area (Å²) in [5.74, 6) is -1.99. The van der Waals surface area contributed by atoms with E-state index in [-0.39, 0.29) is 24.2 Å². The number of hydrogen-bond donors (Lipinski definition) is 2. The smallest absolute Gasteiger partial charge is 0.224 e. The maximum atomic E-state index is 14.4. The number of carbonyl (C=O) groups excluding carboxylic acids is 2. The second kappa shape index (κ2) is 6.87. The highest BCUT2D eigenvalue weighted by Gasteiger charge is 2.39. The lowest BCUT2D eigenvalue weighted by molar-refractivity contribution is -0.134. The zero-order chi connectivity index (χ0) is 17.2. The molecule has 2 amide bonds. The summed E-state index contributed by atoms with van der Waals surface area (Å²) in [6.45, 7) is 0.481. The molecule has 1 aromatic carbocycles. The molecule has 1 unspecified atom stereocenters. The lowest BCUT2D eigenvalue weighted by Crippen LogP contribution is -2.51. The third kappa shape index (κ3) is 3.42. The predicted molar refractivity (Wildman–Crippen MR) is 85.0 cm³/mol. The number of piperidine rings is 1. The fourth-order valence-electron chi connectivity index (χ4n) is 3.84. The Hall–Kier alpha value is -1.98. The molecule has 1 saturated carbocycles. The number of rotatable bonds is 3. The molecular weight excluding hydrogens is 314 g/mol. The number of carbonyl (C=O) groups is 2. The van der Waals surface area contributed by atoms with Gasteiger partial charge < -0.3 is 10.6 Å². The number of benzene rings is 1. The number of nitrogens with one attached hydrogen (secondary N) is 2. The Kier molecular flexibility index (Phi) is 4.83. The van der Waals surface area contributed by atoms with Crippen molar-refractivity contribution >= 4 is 11.8 Å². The largest absolute Gasteiger partial charge is 0.356 e. The van der Waals surface area contributed by atoms with Gasteiger partial charge in [-0.3, -0.25) is 9.59 Å². The minimum atomic E-state index is -0.805. The van der Waals surface area contributed by atoms with Crippen LogP contribution in [0.1, 0.15) is 50.5 Å². The highest BCUT2D eigenvalue weighted by atomic mass is 19.1. The lowest BCUT2D eigenvalue weighted by Gasteiger charge is -2.40. The zero-order valence-electron chi connectivity index (χ0n) is 13.5. The summed E-state index contributed by atoms with van der Waals surface area (Å²) in [6.07, 6.45) is 4.78. The van der Waals surface area contributed by atoms with Gasteiger partial charge in [-0.2, -0.15) is 0 Å². The molecule has 0 bridgehead atoms. The van der Waals surface area contributed by atoms with E-state index in [1.807, 2.05) is 0 Å². The van der Waals surface area contributed by atoms with Crippen molar-refractivity contribution in [1.29, 1.82) is 0 Å². The Labute approximate surface area is 140 Å². The van der Waals surface area contributed by atoms with E-state index in [0.29, 0.717) is 31.4 Å². The molecule has 4 nitrogen and oxygen atoms in total. The number of halogens is 2. The van der Waals surface area contributed by atoms with Crippen LogP contribution in [0.4, 0.5) is 8.78 Å². The molecule has 2 aliphatic rings.